The summed E-state index contributed by atoms with van der Waals surface area (Å²) in [6, 6.07) is 0. The number of hydrogen-bond acceptors (Lipinski definition) is 4. The number of nitrogens with one attached hydrogen (secondary N) is 2. The first kappa shape index (κ1) is 9.98. The minimum atomic E-state index is 0.730. The highest BCUT2D eigenvalue weighted by atomic mass is 15.4. The Balaban J connectivity index is 2.66. The summed E-state index contributed by atoms with van der Waals surface area (Å²) < 4.78 is 0. The van der Waals surface area contributed by atoms with Crippen molar-refractivity contribution < 1.29 is 0 Å². The van der Waals surface area contributed by atoms with Crippen molar-refractivity contribution in [2.75, 3.05) is 25.0 Å². The molecular formula is C8H17N5. The van der Waals surface area contributed by atoms with Gasteiger partial charge < -0.3 is 10.2 Å². The fraction of sp³-hybridized carbons (Fsp3) is 0.750. The zero-order valence-corrected chi connectivity index (χ0v) is 8.46. The zero-order chi connectivity index (χ0) is 9.68. The van der Waals surface area contributed by atoms with Crippen LogP contribution in [0, 0.1) is 0 Å². The Morgan fingerprint density at radius 1 is 1.38 bits per heavy atom. The smallest absolute Gasteiger partial charge is 0.244 e. The summed E-state index contributed by atoms with van der Waals surface area (Å²) in [4.78, 5) is 6.45. The van der Waals surface area contributed by atoms with Crippen LogP contribution in [0.5, 0.6) is 0 Å². The van der Waals surface area contributed by atoms with Crippen LogP contribution in [0.4, 0.5) is 5.95 Å². The molecule has 5 nitrogen and oxygen atoms in total. The van der Waals surface area contributed by atoms with Crippen LogP contribution >= 0.6 is 0 Å². The molecule has 74 valence electrons. The monoisotopic (exact) mass is 183 g/mol. The van der Waals surface area contributed by atoms with Gasteiger partial charge in [-0.25, -0.2) is 0 Å². The van der Waals surface area contributed by atoms with E-state index < -0.39 is 0 Å². The first-order valence-electron chi connectivity index (χ1n) is 4.62. The second-order valence-corrected chi connectivity index (χ2v) is 2.78. The van der Waals surface area contributed by atoms with E-state index in [-0.39, 0.29) is 0 Å². The van der Waals surface area contributed by atoms with Crippen LogP contribution in [0.15, 0.2) is 0 Å². The first-order chi connectivity index (χ1) is 6.31. The third-order valence-corrected chi connectivity index (χ3v) is 1.91. The summed E-state index contributed by atoms with van der Waals surface area (Å²) in [5.74, 6) is 1.67. The molecule has 0 aliphatic rings. The van der Waals surface area contributed by atoms with Gasteiger partial charge in [-0.3, -0.25) is 5.10 Å². The van der Waals surface area contributed by atoms with Gasteiger partial charge in [0, 0.05) is 13.1 Å². The number of hydrogen-bond donors (Lipinski definition) is 2. The molecule has 0 unspecified atom stereocenters. The lowest BCUT2D eigenvalue weighted by molar-refractivity contribution is 0.762. The summed E-state index contributed by atoms with van der Waals surface area (Å²) >= 11 is 0. The molecule has 0 spiro atoms. The number of aromatic nitrogens is 3. The molecule has 1 aromatic heterocycles. The highest BCUT2D eigenvalue weighted by molar-refractivity contribution is 5.27. The third-order valence-electron chi connectivity index (χ3n) is 1.91. The Bertz CT molecular complexity index is 240. The summed E-state index contributed by atoms with van der Waals surface area (Å²) in [5.41, 5.74) is 0. The highest BCUT2D eigenvalue weighted by Gasteiger charge is 2.07. The topological polar surface area (TPSA) is 56.8 Å². The number of nitrogens with zero attached hydrogens (tertiary/aromatic N) is 3. The number of H-pyrrole nitrogens is 1. The molecule has 0 saturated heterocycles. The van der Waals surface area contributed by atoms with Gasteiger partial charge in [-0.15, -0.1) is 5.10 Å². The van der Waals surface area contributed by atoms with Crippen molar-refractivity contribution in [1.29, 1.82) is 0 Å². The van der Waals surface area contributed by atoms with Crippen LogP contribution in [0.25, 0.3) is 0 Å². The van der Waals surface area contributed by atoms with Gasteiger partial charge in [0.2, 0.25) is 5.95 Å². The van der Waals surface area contributed by atoms with Gasteiger partial charge in [-0.2, -0.15) is 4.98 Å². The van der Waals surface area contributed by atoms with Crippen molar-refractivity contribution in [3.05, 3.63) is 5.82 Å². The molecule has 0 aliphatic carbocycles. The maximum Gasteiger partial charge on any atom is 0.244 e. The average Bonchev–Trinajstić information content (AvgIpc) is 2.56. The van der Waals surface area contributed by atoms with Crippen LogP contribution in [0.2, 0.25) is 0 Å². The Morgan fingerprint density at radius 3 is 2.62 bits per heavy atom. The van der Waals surface area contributed by atoms with Crippen LogP contribution in [0.3, 0.4) is 0 Å². The van der Waals surface area contributed by atoms with E-state index in [0.717, 1.165) is 31.4 Å². The van der Waals surface area contributed by atoms with Gasteiger partial charge in [0.05, 0.1) is 6.54 Å². The minimum absolute atomic E-state index is 0.730. The van der Waals surface area contributed by atoms with E-state index >= 15 is 0 Å². The molecule has 0 amide bonds. The Kier molecular flexibility index (Phi) is 3.70. The number of aromatic amines is 1. The minimum Gasteiger partial charge on any atom is -0.340 e. The maximum atomic E-state index is 4.34. The van der Waals surface area contributed by atoms with Gasteiger partial charge in [-0.1, -0.05) is 0 Å². The Labute approximate surface area is 78.5 Å². The van der Waals surface area contributed by atoms with Crippen molar-refractivity contribution in [1.82, 2.24) is 20.5 Å². The van der Waals surface area contributed by atoms with Crippen LogP contribution in [-0.4, -0.2) is 35.3 Å². The number of rotatable bonds is 5. The molecule has 0 fully saturated rings. The second-order valence-electron chi connectivity index (χ2n) is 2.78. The van der Waals surface area contributed by atoms with Crippen molar-refractivity contribution in [3.8, 4) is 0 Å². The van der Waals surface area contributed by atoms with Crippen molar-refractivity contribution in [2.24, 2.45) is 0 Å². The molecule has 1 aromatic rings. The van der Waals surface area contributed by atoms with E-state index in [2.05, 4.69) is 39.2 Å². The highest BCUT2D eigenvalue weighted by Crippen LogP contribution is 2.05. The molecule has 0 aromatic carbocycles. The lowest BCUT2D eigenvalue weighted by Crippen LogP contribution is -2.23. The maximum absolute atomic E-state index is 4.34. The number of anilines is 1. The van der Waals surface area contributed by atoms with E-state index in [4.69, 9.17) is 0 Å². The van der Waals surface area contributed by atoms with E-state index in [0.29, 0.717) is 0 Å². The van der Waals surface area contributed by atoms with E-state index in [1.165, 1.54) is 0 Å². The van der Waals surface area contributed by atoms with Gasteiger partial charge in [-0.05, 0) is 20.9 Å². The predicted octanol–water partition coefficient (Wildman–Crippen LogP) is 0.370. The lowest BCUT2D eigenvalue weighted by atomic mass is 10.5. The summed E-state index contributed by atoms with van der Waals surface area (Å²) in [7, 11) is 1.89. The largest absolute Gasteiger partial charge is 0.340 e. The zero-order valence-electron chi connectivity index (χ0n) is 8.46. The normalized spacial score (nSPS) is 10.4. The van der Waals surface area contributed by atoms with E-state index in [1.54, 1.807) is 0 Å². The van der Waals surface area contributed by atoms with Crippen molar-refractivity contribution in [3.63, 3.8) is 0 Å². The SMILES string of the molecule is CCN(CC)c1n[nH]c(CNC)n1. The van der Waals surface area contributed by atoms with Crippen LogP contribution in [0.1, 0.15) is 19.7 Å². The van der Waals surface area contributed by atoms with E-state index in [1.807, 2.05) is 7.05 Å². The summed E-state index contributed by atoms with van der Waals surface area (Å²) in [5, 5.41) is 10.0. The molecule has 0 aliphatic heterocycles. The summed E-state index contributed by atoms with van der Waals surface area (Å²) in [6.07, 6.45) is 0. The second kappa shape index (κ2) is 4.81. The molecule has 0 saturated carbocycles. The molecule has 0 radical (unpaired) electrons. The Hall–Kier alpha value is -1.10. The molecule has 1 rings (SSSR count). The van der Waals surface area contributed by atoms with Crippen molar-refractivity contribution in [2.45, 2.75) is 20.4 Å². The van der Waals surface area contributed by atoms with Crippen LogP contribution in [-0.2, 0) is 6.54 Å². The van der Waals surface area contributed by atoms with Gasteiger partial charge in [0.25, 0.3) is 0 Å². The average molecular weight is 183 g/mol. The van der Waals surface area contributed by atoms with E-state index in [9.17, 15) is 0 Å². The van der Waals surface area contributed by atoms with Crippen molar-refractivity contribution >= 4 is 5.95 Å². The first-order valence-corrected chi connectivity index (χ1v) is 4.62. The van der Waals surface area contributed by atoms with Gasteiger partial charge in [0.15, 0.2) is 0 Å². The fourth-order valence-electron chi connectivity index (χ4n) is 1.18. The van der Waals surface area contributed by atoms with Gasteiger partial charge >= 0.3 is 0 Å². The molecule has 13 heavy (non-hydrogen) atoms. The molecule has 1 heterocycles. The fourth-order valence-corrected chi connectivity index (χ4v) is 1.18. The van der Waals surface area contributed by atoms with Gasteiger partial charge in [0.1, 0.15) is 5.82 Å². The quantitative estimate of drug-likeness (QED) is 0.692. The summed E-state index contributed by atoms with van der Waals surface area (Å²) in [6.45, 7) is 6.80. The van der Waals surface area contributed by atoms with Crippen LogP contribution < -0.4 is 10.2 Å². The Morgan fingerprint density at radius 2 is 2.08 bits per heavy atom. The molecule has 0 bridgehead atoms. The standard InChI is InChI=1S/C8H17N5/c1-4-13(5-2)8-10-7(6-9-3)11-12-8/h9H,4-6H2,1-3H3,(H,10,11,12). The lowest BCUT2D eigenvalue weighted by Gasteiger charge is -2.14. The molecule has 5 heteroatoms. The molecule has 2 N–H and O–H groups in total. The predicted molar refractivity (Wildman–Crippen MR) is 52.7 cm³/mol. The third kappa shape index (κ3) is 2.42. The molecular weight excluding hydrogens is 166 g/mol. The molecule has 0 atom stereocenters.